The van der Waals surface area contributed by atoms with Crippen molar-refractivity contribution in [2.45, 2.75) is 11.3 Å². The van der Waals surface area contributed by atoms with E-state index in [4.69, 9.17) is 16.3 Å². The highest BCUT2D eigenvalue weighted by atomic mass is 35.5. The molecule has 0 heterocycles. The van der Waals surface area contributed by atoms with E-state index in [9.17, 15) is 4.79 Å². The fourth-order valence-electron chi connectivity index (χ4n) is 1.96. The monoisotopic (exact) mass is 321 g/mol. The second-order valence-corrected chi connectivity index (χ2v) is 5.73. The molecule has 3 nitrogen and oxygen atoms in total. The number of thioether (sulfide) groups is 1. The van der Waals surface area contributed by atoms with Crippen molar-refractivity contribution in [1.82, 2.24) is 0 Å². The van der Waals surface area contributed by atoms with E-state index in [2.05, 4.69) is 5.32 Å². The molecule has 0 aliphatic rings. The van der Waals surface area contributed by atoms with E-state index in [-0.39, 0.29) is 12.3 Å². The molecule has 0 aliphatic heterocycles. The van der Waals surface area contributed by atoms with Crippen LogP contribution in [0.5, 0.6) is 5.75 Å². The lowest BCUT2D eigenvalue weighted by Gasteiger charge is -2.10. The van der Waals surface area contributed by atoms with Crippen molar-refractivity contribution in [2.24, 2.45) is 0 Å². The SMILES string of the molecule is COc1ccc(Cl)cc1CC(=O)Nc1cccc(SC)c1. The first-order chi connectivity index (χ1) is 10.1. The molecule has 0 unspecified atom stereocenters. The average molecular weight is 322 g/mol. The first-order valence-electron chi connectivity index (χ1n) is 6.38. The van der Waals surface area contributed by atoms with Gasteiger partial charge in [0.05, 0.1) is 13.5 Å². The highest BCUT2D eigenvalue weighted by Gasteiger charge is 2.10. The minimum Gasteiger partial charge on any atom is -0.496 e. The van der Waals surface area contributed by atoms with E-state index in [1.165, 1.54) is 0 Å². The number of rotatable bonds is 5. The molecule has 21 heavy (non-hydrogen) atoms. The Kier molecular flexibility index (Phi) is 5.53. The topological polar surface area (TPSA) is 38.3 Å². The summed E-state index contributed by atoms with van der Waals surface area (Å²) in [6.45, 7) is 0. The summed E-state index contributed by atoms with van der Waals surface area (Å²) in [4.78, 5) is 13.2. The molecular formula is C16H16ClNO2S. The molecule has 1 amide bonds. The van der Waals surface area contributed by atoms with E-state index in [0.717, 1.165) is 16.1 Å². The van der Waals surface area contributed by atoms with E-state index in [1.807, 2.05) is 30.5 Å². The molecule has 2 aromatic rings. The number of ether oxygens (including phenoxy) is 1. The Hall–Kier alpha value is -1.65. The molecule has 110 valence electrons. The van der Waals surface area contributed by atoms with Crippen molar-refractivity contribution >= 4 is 35.0 Å². The van der Waals surface area contributed by atoms with E-state index in [1.54, 1.807) is 37.1 Å². The van der Waals surface area contributed by atoms with Crippen LogP contribution in [-0.4, -0.2) is 19.3 Å². The van der Waals surface area contributed by atoms with Gasteiger partial charge in [-0.1, -0.05) is 17.7 Å². The number of amides is 1. The Morgan fingerprint density at radius 3 is 2.81 bits per heavy atom. The molecule has 0 saturated heterocycles. The van der Waals surface area contributed by atoms with Crippen LogP contribution in [0.1, 0.15) is 5.56 Å². The second-order valence-electron chi connectivity index (χ2n) is 4.41. The fourth-order valence-corrected chi connectivity index (χ4v) is 2.62. The van der Waals surface area contributed by atoms with Gasteiger partial charge in [0.1, 0.15) is 5.75 Å². The van der Waals surface area contributed by atoms with E-state index >= 15 is 0 Å². The molecule has 0 fully saturated rings. The number of nitrogens with one attached hydrogen (secondary N) is 1. The van der Waals surface area contributed by atoms with Crippen LogP contribution in [-0.2, 0) is 11.2 Å². The molecule has 0 saturated carbocycles. The zero-order valence-corrected chi connectivity index (χ0v) is 13.4. The Balaban J connectivity index is 2.09. The Morgan fingerprint density at radius 1 is 1.29 bits per heavy atom. The lowest BCUT2D eigenvalue weighted by Crippen LogP contribution is -2.15. The third kappa shape index (κ3) is 4.41. The Morgan fingerprint density at radius 2 is 2.10 bits per heavy atom. The predicted octanol–water partition coefficient (Wildman–Crippen LogP) is 4.25. The maximum atomic E-state index is 12.1. The molecule has 0 aromatic heterocycles. The van der Waals surface area contributed by atoms with Crippen LogP contribution in [0.15, 0.2) is 47.4 Å². The molecular weight excluding hydrogens is 306 g/mol. The van der Waals surface area contributed by atoms with Crippen molar-refractivity contribution in [3.63, 3.8) is 0 Å². The number of carbonyl (C=O) groups is 1. The van der Waals surface area contributed by atoms with Gasteiger partial charge in [0.2, 0.25) is 5.91 Å². The van der Waals surface area contributed by atoms with Crippen LogP contribution in [0.3, 0.4) is 0 Å². The van der Waals surface area contributed by atoms with Crippen LogP contribution in [0.25, 0.3) is 0 Å². The summed E-state index contributed by atoms with van der Waals surface area (Å²) < 4.78 is 5.25. The van der Waals surface area contributed by atoms with Gasteiger partial charge >= 0.3 is 0 Å². The lowest BCUT2D eigenvalue weighted by molar-refractivity contribution is -0.115. The summed E-state index contributed by atoms with van der Waals surface area (Å²) in [6, 6.07) is 13.0. The van der Waals surface area contributed by atoms with Crippen LogP contribution in [0.2, 0.25) is 5.02 Å². The third-order valence-corrected chi connectivity index (χ3v) is 3.91. The maximum absolute atomic E-state index is 12.1. The highest BCUT2D eigenvalue weighted by Crippen LogP contribution is 2.24. The zero-order chi connectivity index (χ0) is 15.2. The maximum Gasteiger partial charge on any atom is 0.228 e. The van der Waals surface area contributed by atoms with Crippen LogP contribution in [0.4, 0.5) is 5.69 Å². The largest absolute Gasteiger partial charge is 0.496 e. The van der Waals surface area contributed by atoms with E-state index < -0.39 is 0 Å². The summed E-state index contributed by atoms with van der Waals surface area (Å²) in [5.41, 5.74) is 1.55. The number of hydrogen-bond acceptors (Lipinski definition) is 3. The first kappa shape index (κ1) is 15.7. The molecule has 1 N–H and O–H groups in total. The number of benzene rings is 2. The second kappa shape index (κ2) is 7.38. The summed E-state index contributed by atoms with van der Waals surface area (Å²) in [7, 11) is 1.58. The molecule has 0 bridgehead atoms. The van der Waals surface area contributed by atoms with Crippen LogP contribution < -0.4 is 10.1 Å². The summed E-state index contributed by atoms with van der Waals surface area (Å²) >= 11 is 7.60. The van der Waals surface area contributed by atoms with Gasteiger partial charge in [-0.3, -0.25) is 4.79 Å². The molecule has 2 rings (SSSR count). The number of halogens is 1. The van der Waals surface area contributed by atoms with Crippen LogP contribution in [0, 0.1) is 0 Å². The third-order valence-electron chi connectivity index (χ3n) is 2.95. The van der Waals surface area contributed by atoms with Crippen molar-refractivity contribution in [2.75, 3.05) is 18.7 Å². The van der Waals surface area contributed by atoms with Gasteiger partial charge in [0.15, 0.2) is 0 Å². The minimum atomic E-state index is -0.103. The predicted molar refractivity (Wildman–Crippen MR) is 88.6 cm³/mol. The van der Waals surface area contributed by atoms with Crippen molar-refractivity contribution < 1.29 is 9.53 Å². The van der Waals surface area contributed by atoms with Gasteiger partial charge in [0, 0.05) is 21.2 Å². The van der Waals surface area contributed by atoms with E-state index in [0.29, 0.717) is 10.8 Å². The first-order valence-corrected chi connectivity index (χ1v) is 7.99. The molecule has 5 heteroatoms. The zero-order valence-electron chi connectivity index (χ0n) is 11.9. The quantitative estimate of drug-likeness (QED) is 0.837. The van der Waals surface area contributed by atoms with Crippen molar-refractivity contribution in [1.29, 1.82) is 0 Å². The van der Waals surface area contributed by atoms with Gasteiger partial charge in [-0.2, -0.15) is 0 Å². The van der Waals surface area contributed by atoms with Crippen molar-refractivity contribution in [3.8, 4) is 5.75 Å². The summed E-state index contributed by atoms with van der Waals surface area (Å²) in [5.74, 6) is 0.557. The number of carbonyl (C=O) groups excluding carboxylic acids is 1. The number of methoxy groups -OCH3 is 1. The van der Waals surface area contributed by atoms with Gasteiger partial charge in [-0.15, -0.1) is 11.8 Å². The normalized spacial score (nSPS) is 10.2. The number of anilines is 1. The molecule has 0 aliphatic carbocycles. The van der Waals surface area contributed by atoms with Crippen LogP contribution >= 0.6 is 23.4 Å². The molecule has 0 atom stereocenters. The molecule has 0 spiro atoms. The number of hydrogen-bond donors (Lipinski definition) is 1. The summed E-state index contributed by atoms with van der Waals surface area (Å²) in [5, 5.41) is 3.47. The van der Waals surface area contributed by atoms with Gasteiger partial charge in [-0.05, 0) is 42.7 Å². The van der Waals surface area contributed by atoms with Crippen molar-refractivity contribution in [3.05, 3.63) is 53.1 Å². The minimum absolute atomic E-state index is 0.103. The highest BCUT2D eigenvalue weighted by molar-refractivity contribution is 7.98. The summed E-state index contributed by atoms with van der Waals surface area (Å²) in [6.07, 6.45) is 2.21. The van der Waals surface area contributed by atoms with Gasteiger partial charge < -0.3 is 10.1 Å². The smallest absolute Gasteiger partial charge is 0.228 e. The standard InChI is InChI=1S/C16H16ClNO2S/c1-20-15-7-6-12(17)8-11(15)9-16(19)18-13-4-3-5-14(10-13)21-2/h3-8,10H,9H2,1-2H3,(H,18,19). The van der Waals surface area contributed by atoms with Gasteiger partial charge in [-0.25, -0.2) is 0 Å². The van der Waals surface area contributed by atoms with Gasteiger partial charge in [0.25, 0.3) is 0 Å². The Bertz CT molecular complexity index is 646. The molecule has 0 radical (unpaired) electrons. The molecule has 2 aromatic carbocycles. The fraction of sp³-hybridized carbons (Fsp3) is 0.188. The lowest BCUT2D eigenvalue weighted by atomic mass is 10.1. The average Bonchev–Trinajstić information content (AvgIpc) is 2.47. The Labute approximate surface area is 133 Å².